The second-order valence-corrected chi connectivity index (χ2v) is 8.47. The van der Waals surface area contributed by atoms with Gasteiger partial charge in [-0.1, -0.05) is 23.7 Å². The van der Waals surface area contributed by atoms with Gasteiger partial charge in [0.1, 0.15) is 12.4 Å². The highest BCUT2D eigenvalue weighted by molar-refractivity contribution is 9.10. The van der Waals surface area contributed by atoms with Gasteiger partial charge in [0, 0.05) is 33.8 Å². The van der Waals surface area contributed by atoms with E-state index in [-0.39, 0.29) is 0 Å². The van der Waals surface area contributed by atoms with E-state index in [1.807, 2.05) is 54.3 Å². The molecule has 0 aliphatic rings. The zero-order valence-electron chi connectivity index (χ0n) is 16.2. The summed E-state index contributed by atoms with van der Waals surface area (Å²) in [5.41, 5.74) is 5.20. The van der Waals surface area contributed by atoms with Gasteiger partial charge in [-0.2, -0.15) is 5.10 Å². The van der Waals surface area contributed by atoms with Crippen LogP contribution in [0.1, 0.15) is 5.69 Å². The molecule has 0 unspecified atom stereocenters. The number of hydrogen-bond acceptors (Lipinski definition) is 3. The number of rotatable bonds is 5. The van der Waals surface area contributed by atoms with Crippen molar-refractivity contribution in [1.82, 2.24) is 19.7 Å². The number of aromatic amines is 1. The van der Waals surface area contributed by atoms with Crippen molar-refractivity contribution in [3.05, 3.63) is 76.2 Å². The van der Waals surface area contributed by atoms with Gasteiger partial charge in [0.25, 0.3) is 0 Å². The Kier molecular flexibility index (Phi) is 4.97. The van der Waals surface area contributed by atoms with Crippen molar-refractivity contribution in [3.8, 4) is 16.9 Å². The third kappa shape index (κ3) is 3.57. The molecule has 0 bridgehead atoms. The summed E-state index contributed by atoms with van der Waals surface area (Å²) in [7, 11) is 0. The van der Waals surface area contributed by atoms with E-state index in [1.165, 1.54) is 0 Å². The largest absolute Gasteiger partial charge is 0.492 e. The van der Waals surface area contributed by atoms with Crippen LogP contribution in [-0.4, -0.2) is 26.4 Å². The molecule has 3 heterocycles. The third-order valence-corrected chi connectivity index (χ3v) is 5.77. The standard InChI is InChI=1S/C23H18BrClN4O/c1-14-22-19(6-7-26-14)21-11-17(25)10-20(23(21)28-22)15-2-4-18(5-3-15)30-9-8-29-13-16(24)12-27-29/h2-7,10-13,28H,8-9H2,1H3. The second-order valence-electron chi connectivity index (χ2n) is 7.11. The number of H-pyrrole nitrogens is 1. The van der Waals surface area contributed by atoms with Crippen molar-refractivity contribution in [2.45, 2.75) is 13.5 Å². The second kappa shape index (κ2) is 7.78. The summed E-state index contributed by atoms with van der Waals surface area (Å²) in [4.78, 5) is 7.94. The van der Waals surface area contributed by atoms with Gasteiger partial charge in [0.2, 0.25) is 0 Å². The number of aromatic nitrogens is 4. The van der Waals surface area contributed by atoms with Gasteiger partial charge in [-0.15, -0.1) is 0 Å². The molecule has 0 aliphatic carbocycles. The lowest BCUT2D eigenvalue weighted by molar-refractivity contribution is 0.291. The predicted molar refractivity (Wildman–Crippen MR) is 124 cm³/mol. The summed E-state index contributed by atoms with van der Waals surface area (Å²) in [6.07, 6.45) is 5.52. The summed E-state index contributed by atoms with van der Waals surface area (Å²) >= 11 is 9.86. The number of nitrogens with one attached hydrogen (secondary N) is 1. The van der Waals surface area contributed by atoms with Crippen LogP contribution >= 0.6 is 27.5 Å². The molecule has 0 saturated carbocycles. The van der Waals surface area contributed by atoms with Crippen LogP contribution in [0.25, 0.3) is 32.9 Å². The molecule has 0 fully saturated rings. The van der Waals surface area contributed by atoms with Crippen LogP contribution in [0, 0.1) is 6.92 Å². The molecule has 0 atom stereocenters. The van der Waals surface area contributed by atoms with Gasteiger partial charge < -0.3 is 9.72 Å². The SMILES string of the molecule is Cc1nccc2c1[nH]c1c(-c3ccc(OCCn4cc(Br)cn4)cc3)cc(Cl)cc12. The number of aryl methyl sites for hydroxylation is 1. The van der Waals surface area contributed by atoms with E-state index in [4.69, 9.17) is 16.3 Å². The third-order valence-electron chi connectivity index (χ3n) is 5.14. The molecule has 30 heavy (non-hydrogen) atoms. The van der Waals surface area contributed by atoms with E-state index < -0.39 is 0 Å². The molecule has 1 N–H and O–H groups in total. The van der Waals surface area contributed by atoms with Crippen LogP contribution in [0.3, 0.4) is 0 Å². The van der Waals surface area contributed by atoms with Crippen LogP contribution in [0.4, 0.5) is 0 Å². The maximum Gasteiger partial charge on any atom is 0.119 e. The summed E-state index contributed by atoms with van der Waals surface area (Å²) in [6, 6.07) is 14.1. The van der Waals surface area contributed by atoms with Crippen LogP contribution in [0.5, 0.6) is 5.75 Å². The van der Waals surface area contributed by atoms with E-state index in [1.54, 1.807) is 6.20 Å². The molecule has 0 aliphatic heterocycles. The Morgan fingerprint density at radius 3 is 2.70 bits per heavy atom. The minimum atomic E-state index is 0.545. The fraction of sp³-hybridized carbons (Fsp3) is 0.130. The van der Waals surface area contributed by atoms with Gasteiger partial charge >= 0.3 is 0 Å². The van der Waals surface area contributed by atoms with Crippen molar-refractivity contribution in [2.75, 3.05) is 6.61 Å². The average molecular weight is 482 g/mol. The molecule has 0 saturated heterocycles. The van der Waals surface area contributed by atoms with Gasteiger partial charge in [0.15, 0.2) is 0 Å². The topological polar surface area (TPSA) is 55.7 Å². The molecular weight excluding hydrogens is 464 g/mol. The first kappa shape index (κ1) is 19.2. The number of fused-ring (bicyclic) bond motifs is 3. The first-order chi connectivity index (χ1) is 14.6. The highest BCUT2D eigenvalue weighted by Crippen LogP contribution is 2.36. The van der Waals surface area contributed by atoms with E-state index in [0.29, 0.717) is 18.2 Å². The molecule has 0 amide bonds. The maximum absolute atomic E-state index is 6.46. The van der Waals surface area contributed by atoms with Crippen molar-refractivity contribution >= 4 is 49.3 Å². The first-order valence-electron chi connectivity index (χ1n) is 9.56. The first-order valence-corrected chi connectivity index (χ1v) is 10.7. The molecule has 2 aromatic carbocycles. The number of nitrogens with zero attached hydrogens (tertiary/aromatic N) is 3. The normalized spacial score (nSPS) is 11.4. The number of halogens is 2. The van der Waals surface area contributed by atoms with Gasteiger partial charge in [-0.05, 0) is 58.7 Å². The fourth-order valence-corrected chi connectivity index (χ4v) is 4.25. The zero-order valence-corrected chi connectivity index (χ0v) is 18.5. The van der Waals surface area contributed by atoms with Crippen molar-refractivity contribution in [1.29, 1.82) is 0 Å². The van der Waals surface area contributed by atoms with Gasteiger partial charge in [-0.25, -0.2) is 0 Å². The summed E-state index contributed by atoms with van der Waals surface area (Å²) < 4.78 is 8.67. The molecule has 0 spiro atoms. The Hall–Kier alpha value is -2.83. The zero-order chi connectivity index (χ0) is 20.7. The highest BCUT2D eigenvalue weighted by atomic mass is 79.9. The molecule has 5 aromatic rings. The van der Waals surface area contributed by atoms with E-state index in [0.717, 1.165) is 48.8 Å². The Bertz CT molecular complexity index is 1360. The monoisotopic (exact) mass is 480 g/mol. The Morgan fingerprint density at radius 2 is 1.93 bits per heavy atom. The number of hydrogen-bond donors (Lipinski definition) is 1. The van der Waals surface area contributed by atoms with Crippen molar-refractivity contribution < 1.29 is 4.74 Å². The maximum atomic E-state index is 6.46. The summed E-state index contributed by atoms with van der Waals surface area (Å²) in [6.45, 7) is 3.24. The number of benzene rings is 2. The molecule has 5 rings (SSSR count). The van der Waals surface area contributed by atoms with Gasteiger partial charge in [0.05, 0.1) is 33.9 Å². The lowest BCUT2D eigenvalue weighted by Crippen LogP contribution is -2.08. The quantitative estimate of drug-likeness (QED) is 0.317. The van der Waals surface area contributed by atoms with Crippen LogP contribution in [0.15, 0.2) is 65.5 Å². The lowest BCUT2D eigenvalue weighted by atomic mass is 10.0. The average Bonchev–Trinajstić information content (AvgIpc) is 3.32. The van der Waals surface area contributed by atoms with Crippen LogP contribution in [-0.2, 0) is 6.54 Å². The van der Waals surface area contributed by atoms with Crippen LogP contribution < -0.4 is 4.74 Å². The van der Waals surface area contributed by atoms with Crippen molar-refractivity contribution in [3.63, 3.8) is 0 Å². The van der Waals surface area contributed by atoms with Crippen molar-refractivity contribution in [2.24, 2.45) is 0 Å². The number of ether oxygens (including phenoxy) is 1. The Balaban J connectivity index is 1.43. The van der Waals surface area contributed by atoms with E-state index in [2.05, 4.69) is 43.1 Å². The molecule has 3 aromatic heterocycles. The fourth-order valence-electron chi connectivity index (χ4n) is 3.70. The smallest absolute Gasteiger partial charge is 0.119 e. The van der Waals surface area contributed by atoms with Gasteiger partial charge in [-0.3, -0.25) is 9.67 Å². The molecule has 7 heteroatoms. The minimum absolute atomic E-state index is 0.545. The molecular formula is C23H18BrClN4O. The predicted octanol–water partition coefficient (Wildman–Crippen LogP) is 6.38. The molecule has 150 valence electrons. The number of pyridine rings is 1. The Labute approximate surface area is 186 Å². The van der Waals surface area contributed by atoms with E-state index >= 15 is 0 Å². The van der Waals surface area contributed by atoms with Crippen LogP contribution in [0.2, 0.25) is 5.02 Å². The summed E-state index contributed by atoms with van der Waals surface area (Å²) in [5, 5.41) is 7.17. The highest BCUT2D eigenvalue weighted by Gasteiger charge is 2.13. The summed E-state index contributed by atoms with van der Waals surface area (Å²) in [5.74, 6) is 0.819. The molecule has 0 radical (unpaired) electrons. The molecule has 5 nitrogen and oxygen atoms in total. The van der Waals surface area contributed by atoms with E-state index in [9.17, 15) is 0 Å². The minimum Gasteiger partial charge on any atom is -0.492 e. The Morgan fingerprint density at radius 1 is 1.10 bits per heavy atom. The lowest BCUT2D eigenvalue weighted by Gasteiger charge is -2.09.